The summed E-state index contributed by atoms with van der Waals surface area (Å²) in [6.07, 6.45) is 1.61. The number of hydrazone groups is 1. The summed E-state index contributed by atoms with van der Waals surface area (Å²) in [6, 6.07) is 9.61. The molecule has 1 N–H and O–H groups in total. The Morgan fingerprint density at radius 2 is 2.08 bits per heavy atom. The lowest BCUT2D eigenvalue weighted by Crippen LogP contribution is -2.29. The number of carboxylic acid groups (broad SMARTS) is 1. The highest BCUT2D eigenvalue weighted by Gasteiger charge is 2.23. The fourth-order valence-corrected chi connectivity index (χ4v) is 4.03. The fourth-order valence-electron chi connectivity index (χ4n) is 2.12. The molecule has 2 heterocycles. The second-order valence-electron chi connectivity index (χ2n) is 4.98. The highest BCUT2D eigenvalue weighted by molar-refractivity contribution is 8.39. The number of thioether (sulfide) groups is 2. The number of carboxylic acids is 1. The fraction of sp³-hybridized carbons (Fsp3) is 0.200. The molecule has 7 nitrogen and oxygen atoms in total. The highest BCUT2D eigenvalue weighted by Crippen LogP contribution is 2.35. The van der Waals surface area contributed by atoms with Crippen molar-refractivity contribution in [3.63, 3.8) is 0 Å². The van der Waals surface area contributed by atoms with Crippen LogP contribution in [0.5, 0.6) is 0 Å². The Labute approximate surface area is 146 Å². The highest BCUT2D eigenvalue weighted by atomic mass is 32.2. The summed E-state index contributed by atoms with van der Waals surface area (Å²) in [6.45, 7) is 0.381. The number of benzene rings is 1. The van der Waals surface area contributed by atoms with Gasteiger partial charge in [0.25, 0.3) is 5.56 Å². The molecule has 0 fully saturated rings. The van der Waals surface area contributed by atoms with Gasteiger partial charge in [0.2, 0.25) is 0 Å². The topological polar surface area (TPSA) is 87.8 Å². The first-order valence-corrected chi connectivity index (χ1v) is 8.83. The van der Waals surface area contributed by atoms with Gasteiger partial charge in [0.1, 0.15) is 4.90 Å². The number of fused-ring (bicyclic) bond motifs is 1. The molecule has 0 amide bonds. The van der Waals surface area contributed by atoms with E-state index in [-0.39, 0.29) is 11.3 Å². The van der Waals surface area contributed by atoms with E-state index in [0.717, 1.165) is 17.3 Å². The van der Waals surface area contributed by atoms with Crippen LogP contribution in [0.2, 0.25) is 0 Å². The average Bonchev–Trinajstić information content (AvgIpc) is 2.57. The van der Waals surface area contributed by atoms with Crippen LogP contribution in [0.15, 0.2) is 51.3 Å². The summed E-state index contributed by atoms with van der Waals surface area (Å²) in [4.78, 5) is 23.9. The molecule has 0 saturated heterocycles. The molecule has 1 aromatic heterocycles. The van der Waals surface area contributed by atoms with Gasteiger partial charge in [0, 0.05) is 7.05 Å². The normalized spacial score (nSPS) is 13.4. The number of aromatic nitrogens is 2. The minimum atomic E-state index is -0.923. The Morgan fingerprint density at radius 3 is 2.79 bits per heavy atom. The third-order valence-electron chi connectivity index (χ3n) is 3.24. The third-order valence-corrected chi connectivity index (χ3v) is 5.41. The van der Waals surface area contributed by atoms with Crippen LogP contribution in [-0.2, 0) is 11.3 Å². The summed E-state index contributed by atoms with van der Waals surface area (Å²) < 4.78 is 1.93. The maximum Gasteiger partial charge on any atom is 0.313 e. The van der Waals surface area contributed by atoms with Crippen LogP contribution in [0.1, 0.15) is 5.56 Å². The quantitative estimate of drug-likeness (QED) is 0.889. The van der Waals surface area contributed by atoms with Crippen molar-refractivity contribution in [3.05, 3.63) is 52.4 Å². The predicted molar refractivity (Wildman–Crippen MR) is 95.8 cm³/mol. The molecule has 24 heavy (non-hydrogen) atoms. The lowest BCUT2D eigenvalue weighted by Gasteiger charge is -2.22. The standard InChI is InChI=1S/C15H14N4O3S2/c1-18-11-7-16-19(8-10-5-3-2-4-6-10)14(22)13(11)24-15(17-18)23-9-12(20)21/h2-7H,8-9H2,1H3,(H,20,21). The van der Waals surface area contributed by atoms with E-state index in [1.807, 2.05) is 30.3 Å². The number of hydrogen-bond donors (Lipinski definition) is 1. The Morgan fingerprint density at radius 1 is 1.33 bits per heavy atom. The number of aliphatic carboxylic acids is 1. The second-order valence-corrected chi connectivity index (χ2v) is 7.20. The Bertz CT molecular complexity index is 852. The van der Waals surface area contributed by atoms with E-state index in [2.05, 4.69) is 10.2 Å². The molecule has 1 aliphatic heterocycles. The minimum absolute atomic E-state index is 0.0989. The predicted octanol–water partition coefficient (Wildman–Crippen LogP) is 1.92. The van der Waals surface area contributed by atoms with Gasteiger partial charge in [-0.05, 0) is 5.56 Å². The van der Waals surface area contributed by atoms with Gasteiger partial charge in [-0.3, -0.25) is 14.6 Å². The number of hydrogen-bond acceptors (Lipinski definition) is 7. The zero-order valence-electron chi connectivity index (χ0n) is 12.7. The van der Waals surface area contributed by atoms with E-state index in [4.69, 9.17) is 5.11 Å². The molecule has 9 heteroatoms. The summed E-state index contributed by atoms with van der Waals surface area (Å²) in [5, 5.41) is 18.8. The molecule has 124 valence electrons. The molecule has 0 saturated carbocycles. The Kier molecular flexibility index (Phi) is 4.91. The maximum absolute atomic E-state index is 12.7. The summed E-state index contributed by atoms with van der Waals surface area (Å²) >= 11 is 2.28. The number of nitrogens with zero attached hydrogens (tertiary/aromatic N) is 4. The first kappa shape index (κ1) is 16.6. The van der Waals surface area contributed by atoms with Gasteiger partial charge in [-0.1, -0.05) is 53.9 Å². The lowest BCUT2D eigenvalue weighted by atomic mass is 10.2. The zero-order chi connectivity index (χ0) is 17.1. The Balaban J connectivity index is 1.88. The number of anilines is 1. The van der Waals surface area contributed by atoms with Crippen LogP contribution in [0.4, 0.5) is 5.69 Å². The van der Waals surface area contributed by atoms with E-state index in [9.17, 15) is 9.59 Å². The van der Waals surface area contributed by atoms with Crippen LogP contribution in [0.3, 0.4) is 0 Å². The van der Waals surface area contributed by atoms with Crippen molar-refractivity contribution >= 4 is 39.6 Å². The molecule has 2 aromatic rings. The van der Waals surface area contributed by atoms with E-state index in [1.165, 1.54) is 16.4 Å². The van der Waals surface area contributed by atoms with Crippen molar-refractivity contribution in [1.82, 2.24) is 9.78 Å². The molecular formula is C15H14N4O3S2. The second kappa shape index (κ2) is 7.10. The molecule has 0 atom stereocenters. The van der Waals surface area contributed by atoms with Crippen molar-refractivity contribution in [1.29, 1.82) is 0 Å². The number of carbonyl (C=O) groups is 1. The van der Waals surface area contributed by atoms with Gasteiger partial charge in [0.05, 0.1) is 24.2 Å². The van der Waals surface area contributed by atoms with Crippen LogP contribution < -0.4 is 10.6 Å². The molecular weight excluding hydrogens is 348 g/mol. The third kappa shape index (κ3) is 3.62. The smallest absolute Gasteiger partial charge is 0.313 e. The summed E-state index contributed by atoms with van der Waals surface area (Å²) in [5.74, 6) is -1.02. The van der Waals surface area contributed by atoms with Gasteiger partial charge >= 0.3 is 5.97 Å². The van der Waals surface area contributed by atoms with Crippen LogP contribution in [0.25, 0.3) is 0 Å². The monoisotopic (exact) mass is 362 g/mol. The van der Waals surface area contributed by atoms with Crippen molar-refractivity contribution in [2.45, 2.75) is 11.4 Å². The molecule has 0 bridgehead atoms. The van der Waals surface area contributed by atoms with Crippen molar-refractivity contribution in [3.8, 4) is 0 Å². The van der Waals surface area contributed by atoms with E-state index < -0.39 is 5.97 Å². The first-order valence-electron chi connectivity index (χ1n) is 7.03. The largest absolute Gasteiger partial charge is 0.481 e. The van der Waals surface area contributed by atoms with Crippen molar-refractivity contribution in [2.75, 3.05) is 17.8 Å². The van der Waals surface area contributed by atoms with E-state index >= 15 is 0 Å². The molecule has 0 aliphatic carbocycles. The lowest BCUT2D eigenvalue weighted by molar-refractivity contribution is -0.133. The van der Waals surface area contributed by atoms with Gasteiger partial charge in [-0.15, -0.1) is 0 Å². The van der Waals surface area contributed by atoms with Crippen LogP contribution >= 0.6 is 23.5 Å². The SMILES string of the molecule is CN1N=C(SCC(=O)O)Sc2c1cnn(Cc1ccccc1)c2=O. The van der Waals surface area contributed by atoms with Crippen LogP contribution in [-0.4, -0.2) is 38.0 Å². The molecule has 1 aliphatic rings. The van der Waals surface area contributed by atoms with Crippen molar-refractivity contribution in [2.24, 2.45) is 5.10 Å². The van der Waals surface area contributed by atoms with Gasteiger partial charge in [-0.2, -0.15) is 10.2 Å². The van der Waals surface area contributed by atoms with E-state index in [1.54, 1.807) is 18.3 Å². The van der Waals surface area contributed by atoms with Gasteiger partial charge < -0.3 is 5.11 Å². The maximum atomic E-state index is 12.7. The van der Waals surface area contributed by atoms with Crippen LogP contribution in [0, 0.1) is 0 Å². The molecule has 1 aromatic carbocycles. The Hall–Kier alpha value is -2.26. The average molecular weight is 362 g/mol. The summed E-state index contributed by atoms with van der Waals surface area (Å²) in [5.41, 5.74) is 1.39. The molecule has 0 spiro atoms. The zero-order valence-corrected chi connectivity index (χ0v) is 14.4. The van der Waals surface area contributed by atoms with E-state index in [0.29, 0.717) is 21.5 Å². The number of rotatable bonds is 4. The van der Waals surface area contributed by atoms with Crippen molar-refractivity contribution < 1.29 is 9.90 Å². The summed E-state index contributed by atoms with van der Waals surface area (Å²) in [7, 11) is 1.71. The first-order chi connectivity index (χ1) is 11.5. The molecule has 3 rings (SSSR count). The van der Waals surface area contributed by atoms with Gasteiger partial charge in [-0.25, -0.2) is 4.68 Å². The molecule has 0 unspecified atom stereocenters. The van der Waals surface area contributed by atoms with Gasteiger partial charge in [0.15, 0.2) is 4.38 Å². The minimum Gasteiger partial charge on any atom is -0.481 e. The molecule has 0 radical (unpaired) electrons.